The Morgan fingerprint density at radius 1 is 1.43 bits per heavy atom. The highest BCUT2D eigenvalue weighted by atomic mass is 79.9. The van der Waals surface area contributed by atoms with E-state index in [1.165, 1.54) is 0 Å². The number of hydrogen-bond acceptors (Lipinski definition) is 3. The number of nitrogens with zero attached hydrogens (tertiary/aromatic N) is 2. The summed E-state index contributed by atoms with van der Waals surface area (Å²) in [5, 5.41) is 11.3. The second-order valence-electron chi connectivity index (χ2n) is 5.90. The van der Waals surface area contributed by atoms with Gasteiger partial charge >= 0.3 is 5.97 Å². The van der Waals surface area contributed by atoms with Crippen LogP contribution in [0.2, 0.25) is 0 Å². The van der Waals surface area contributed by atoms with Gasteiger partial charge in [0.25, 0.3) is 0 Å². The molecule has 0 bridgehead atoms. The lowest BCUT2D eigenvalue weighted by Gasteiger charge is -2.29. The van der Waals surface area contributed by atoms with Crippen LogP contribution >= 0.6 is 27.7 Å². The lowest BCUT2D eigenvalue weighted by atomic mass is 9.86. The molecule has 6 heteroatoms. The van der Waals surface area contributed by atoms with E-state index in [0.717, 1.165) is 27.3 Å². The second-order valence-corrected chi connectivity index (χ2v) is 7.75. The number of rotatable bonds is 5. The summed E-state index contributed by atoms with van der Waals surface area (Å²) in [6.07, 6.45) is 0. The van der Waals surface area contributed by atoms with Gasteiger partial charge in [0.2, 0.25) is 0 Å². The first-order valence-electron chi connectivity index (χ1n) is 6.75. The van der Waals surface area contributed by atoms with Crippen LogP contribution in [0, 0.1) is 5.41 Å². The van der Waals surface area contributed by atoms with Crippen LogP contribution < -0.4 is 0 Å². The van der Waals surface area contributed by atoms with Gasteiger partial charge < -0.3 is 9.67 Å². The SMILES string of the molecule is CC(C)(C)C(C(=O)O)n1c(SCCBr)nc2ccccc21. The Morgan fingerprint density at radius 3 is 2.67 bits per heavy atom. The zero-order chi connectivity index (χ0) is 15.6. The monoisotopic (exact) mass is 370 g/mol. The Labute approximate surface area is 137 Å². The maximum absolute atomic E-state index is 11.8. The van der Waals surface area contributed by atoms with Crippen LogP contribution in [0.3, 0.4) is 0 Å². The largest absolute Gasteiger partial charge is 0.480 e. The zero-order valence-electron chi connectivity index (χ0n) is 12.3. The van der Waals surface area contributed by atoms with Gasteiger partial charge in [-0.15, -0.1) is 0 Å². The summed E-state index contributed by atoms with van der Waals surface area (Å²) in [5.74, 6) is 0.0196. The standard InChI is InChI=1S/C15H19BrN2O2S/c1-15(2,3)12(13(19)20)18-11-7-5-4-6-10(11)17-14(18)21-9-8-16/h4-7,12H,8-9H2,1-3H3,(H,19,20). The molecule has 4 nitrogen and oxygen atoms in total. The van der Waals surface area contributed by atoms with E-state index in [9.17, 15) is 9.90 Å². The summed E-state index contributed by atoms with van der Waals surface area (Å²) in [6.45, 7) is 5.83. The first-order chi connectivity index (χ1) is 9.86. The molecule has 21 heavy (non-hydrogen) atoms. The molecule has 1 atom stereocenters. The van der Waals surface area contributed by atoms with Gasteiger partial charge in [-0.25, -0.2) is 9.78 Å². The highest BCUT2D eigenvalue weighted by Crippen LogP contribution is 2.37. The van der Waals surface area contributed by atoms with E-state index in [4.69, 9.17) is 0 Å². The molecule has 0 aliphatic heterocycles. The Hall–Kier alpha value is -1.01. The Kier molecular flexibility index (Phi) is 4.99. The van der Waals surface area contributed by atoms with E-state index in [2.05, 4.69) is 20.9 Å². The highest BCUT2D eigenvalue weighted by Gasteiger charge is 2.35. The molecule has 0 spiro atoms. The second kappa shape index (κ2) is 6.40. The number of carboxylic acid groups (broad SMARTS) is 1. The number of imidazole rings is 1. The first-order valence-corrected chi connectivity index (χ1v) is 8.85. The number of carbonyl (C=O) groups is 1. The van der Waals surface area contributed by atoms with Crippen LogP contribution in [-0.4, -0.2) is 31.7 Å². The number of para-hydroxylation sites is 2. The maximum Gasteiger partial charge on any atom is 0.327 e. The number of thioether (sulfide) groups is 1. The van der Waals surface area contributed by atoms with Gasteiger partial charge in [-0.3, -0.25) is 0 Å². The van der Waals surface area contributed by atoms with Crippen molar-refractivity contribution in [1.29, 1.82) is 0 Å². The summed E-state index contributed by atoms with van der Waals surface area (Å²) >= 11 is 4.98. The number of halogens is 1. The molecule has 0 fully saturated rings. The quantitative estimate of drug-likeness (QED) is 0.632. The number of aliphatic carboxylic acids is 1. The average molecular weight is 371 g/mol. The smallest absolute Gasteiger partial charge is 0.327 e. The van der Waals surface area contributed by atoms with E-state index in [0.29, 0.717) is 0 Å². The fourth-order valence-electron chi connectivity index (χ4n) is 2.37. The van der Waals surface area contributed by atoms with Crippen LogP contribution in [0.25, 0.3) is 11.0 Å². The molecule has 0 amide bonds. The van der Waals surface area contributed by atoms with E-state index >= 15 is 0 Å². The van der Waals surface area contributed by atoms with Crippen molar-refractivity contribution in [2.75, 3.05) is 11.1 Å². The topological polar surface area (TPSA) is 55.1 Å². The average Bonchev–Trinajstić information content (AvgIpc) is 2.73. The van der Waals surface area contributed by atoms with Gasteiger partial charge in [0.05, 0.1) is 11.0 Å². The molecule has 0 saturated heterocycles. The molecule has 0 radical (unpaired) electrons. The molecule has 1 unspecified atom stereocenters. The third-order valence-corrected chi connectivity index (χ3v) is 5.06. The molecular weight excluding hydrogens is 352 g/mol. The molecule has 1 aromatic carbocycles. The van der Waals surface area contributed by atoms with Crippen LogP contribution in [0.1, 0.15) is 26.8 Å². The van der Waals surface area contributed by atoms with Gasteiger partial charge in [-0.1, -0.05) is 60.6 Å². The molecule has 114 valence electrons. The Bertz CT molecular complexity index is 649. The maximum atomic E-state index is 11.8. The lowest BCUT2D eigenvalue weighted by molar-refractivity contribution is -0.144. The Balaban J connectivity index is 2.65. The summed E-state index contributed by atoms with van der Waals surface area (Å²) in [6, 6.07) is 7.04. The van der Waals surface area contributed by atoms with E-state index in [1.807, 2.05) is 49.6 Å². The van der Waals surface area contributed by atoms with Crippen molar-refractivity contribution in [2.45, 2.75) is 32.0 Å². The van der Waals surface area contributed by atoms with Crippen molar-refractivity contribution < 1.29 is 9.90 Å². The van der Waals surface area contributed by atoms with Crippen molar-refractivity contribution in [3.05, 3.63) is 24.3 Å². The van der Waals surface area contributed by atoms with Crippen LogP contribution in [0.5, 0.6) is 0 Å². The molecule has 1 heterocycles. The van der Waals surface area contributed by atoms with Gasteiger partial charge in [0, 0.05) is 11.1 Å². The summed E-state index contributed by atoms with van der Waals surface area (Å²) in [5.41, 5.74) is 1.31. The molecular formula is C15H19BrN2O2S. The fourth-order valence-corrected chi connectivity index (χ4v) is 3.62. The molecule has 0 saturated carbocycles. The highest BCUT2D eigenvalue weighted by molar-refractivity contribution is 9.09. The minimum absolute atomic E-state index is 0.404. The van der Waals surface area contributed by atoms with E-state index in [1.54, 1.807) is 11.8 Å². The van der Waals surface area contributed by atoms with Gasteiger partial charge in [0.15, 0.2) is 5.16 Å². The minimum Gasteiger partial charge on any atom is -0.480 e. The van der Waals surface area contributed by atoms with Crippen LogP contribution in [-0.2, 0) is 4.79 Å². The van der Waals surface area contributed by atoms with Crippen LogP contribution in [0.4, 0.5) is 0 Å². The van der Waals surface area contributed by atoms with Gasteiger partial charge in [-0.2, -0.15) is 0 Å². The first kappa shape index (κ1) is 16.4. The van der Waals surface area contributed by atoms with Crippen molar-refractivity contribution in [2.24, 2.45) is 5.41 Å². The zero-order valence-corrected chi connectivity index (χ0v) is 14.7. The van der Waals surface area contributed by atoms with Crippen LogP contribution in [0.15, 0.2) is 29.4 Å². The van der Waals surface area contributed by atoms with E-state index in [-0.39, 0.29) is 0 Å². The van der Waals surface area contributed by atoms with Crippen molar-refractivity contribution >= 4 is 44.7 Å². The predicted octanol–water partition coefficient (Wildman–Crippen LogP) is 4.20. The normalized spacial score (nSPS) is 13.5. The van der Waals surface area contributed by atoms with Crippen molar-refractivity contribution in [1.82, 2.24) is 9.55 Å². The third-order valence-electron chi connectivity index (χ3n) is 3.18. The number of aromatic nitrogens is 2. The summed E-state index contributed by atoms with van der Waals surface area (Å²) < 4.78 is 1.87. The van der Waals surface area contributed by atoms with Crippen molar-refractivity contribution in [3.63, 3.8) is 0 Å². The molecule has 2 rings (SSSR count). The van der Waals surface area contributed by atoms with Gasteiger partial charge in [0.1, 0.15) is 6.04 Å². The Morgan fingerprint density at radius 2 is 2.10 bits per heavy atom. The third kappa shape index (κ3) is 3.43. The summed E-state index contributed by atoms with van der Waals surface area (Å²) in [7, 11) is 0. The molecule has 1 aromatic heterocycles. The lowest BCUT2D eigenvalue weighted by Crippen LogP contribution is -2.32. The van der Waals surface area contributed by atoms with Crippen molar-refractivity contribution in [3.8, 4) is 0 Å². The summed E-state index contributed by atoms with van der Waals surface area (Å²) in [4.78, 5) is 16.5. The molecule has 1 N–H and O–H groups in total. The molecule has 0 aliphatic rings. The number of fused-ring (bicyclic) bond motifs is 1. The number of carboxylic acids is 1. The predicted molar refractivity (Wildman–Crippen MR) is 90.4 cm³/mol. The number of alkyl halides is 1. The fraction of sp³-hybridized carbons (Fsp3) is 0.467. The molecule has 2 aromatic rings. The number of hydrogen-bond donors (Lipinski definition) is 1. The molecule has 0 aliphatic carbocycles. The van der Waals surface area contributed by atoms with Gasteiger partial charge in [-0.05, 0) is 17.5 Å². The number of benzene rings is 1. The minimum atomic E-state index is -0.827. The van der Waals surface area contributed by atoms with E-state index < -0.39 is 17.4 Å².